The monoisotopic (exact) mass is 343 g/mol. The van der Waals surface area contributed by atoms with Gasteiger partial charge in [0.15, 0.2) is 5.65 Å². The zero-order chi connectivity index (χ0) is 17.8. The Balaban J connectivity index is 1.74. The van der Waals surface area contributed by atoms with E-state index in [0.29, 0.717) is 12.5 Å². The standard InChI is InChI=1S/C18H25N5O2/c1-17(2,3)23-15-13(8-21-23)14(19-11-20-15)22-9-12-6-5-7-18(12,10-22)16(24)25-4/h8,11-12H,5-7,9-10H2,1-4H3. The number of nitrogens with zero attached hydrogens (tertiary/aromatic N) is 5. The minimum Gasteiger partial charge on any atom is -0.469 e. The summed E-state index contributed by atoms with van der Waals surface area (Å²) in [6.07, 6.45) is 6.50. The summed E-state index contributed by atoms with van der Waals surface area (Å²) in [4.78, 5) is 23.7. The molecule has 7 nitrogen and oxygen atoms in total. The van der Waals surface area contributed by atoms with E-state index in [-0.39, 0.29) is 16.9 Å². The first kappa shape index (κ1) is 16.3. The third kappa shape index (κ3) is 2.32. The first-order chi connectivity index (χ1) is 11.9. The van der Waals surface area contributed by atoms with Crippen LogP contribution in [0.25, 0.3) is 11.0 Å². The molecule has 4 rings (SSSR count). The topological polar surface area (TPSA) is 73.1 Å². The highest BCUT2D eigenvalue weighted by atomic mass is 16.5. The van der Waals surface area contributed by atoms with Gasteiger partial charge in [0.1, 0.15) is 12.1 Å². The van der Waals surface area contributed by atoms with Gasteiger partial charge in [0, 0.05) is 13.1 Å². The second-order valence-electron chi connectivity index (χ2n) is 8.28. The Bertz CT molecular complexity index is 824. The first-order valence-electron chi connectivity index (χ1n) is 8.89. The van der Waals surface area contributed by atoms with Crippen LogP contribution in [0.4, 0.5) is 5.82 Å². The number of ether oxygens (including phenoxy) is 1. The predicted octanol–water partition coefficient (Wildman–Crippen LogP) is 2.36. The largest absolute Gasteiger partial charge is 0.469 e. The maximum Gasteiger partial charge on any atom is 0.313 e. The molecular formula is C18H25N5O2. The summed E-state index contributed by atoms with van der Waals surface area (Å²) in [7, 11) is 1.49. The number of aromatic nitrogens is 4. The highest BCUT2D eigenvalue weighted by Crippen LogP contribution is 2.50. The first-order valence-corrected chi connectivity index (χ1v) is 8.89. The van der Waals surface area contributed by atoms with Crippen LogP contribution in [-0.2, 0) is 15.1 Å². The van der Waals surface area contributed by atoms with E-state index in [4.69, 9.17) is 4.74 Å². The molecule has 0 spiro atoms. The van der Waals surface area contributed by atoms with Crippen molar-refractivity contribution in [2.45, 2.75) is 45.6 Å². The van der Waals surface area contributed by atoms with Crippen molar-refractivity contribution in [1.82, 2.24) is 19.7 Å². The molecule has 25 heavy (non-hydrogen) atoms. The van der Waals surface area contributed by atoms with Crippen LogP contribution in [0.3, 0.4) is 0 Å². The number of methoxy groups -OCH3 is 1. The fraction of sp³-hybridized carbons (Fsp3) is 0.667. The van der Waals surface area contributed by atoms with Crippen molar-refractivity contribution in [3.05, 3.63) is 12.5 Å². The van der Waals surface area contributed by atoms with Gasteiger partial charge in [-0.15, -0.1) is 0 Å². The molecule has 1 saturated carbocycles. The average molecular weight is 343 g/mol. The zero-order valence-electron chi connectivity index (χ0n) is 15.3. The molecule has 2 fully saturated rings. The third-order valence-corrected chi connectivity index (χ3v) is 5.74. The summed E-state index contributed by atoms with van der Waals surface area (Å²) >= 11 is 0. The summed E-state index contributed by atoms with van der Waals surface area (Å²) in [6.45, 7) is 7.81. The summed E-state index contributed by atoms with van der Waals surface area (Å²) in [5.74, 6) is 1.13. The number of carbonyl (C=O) groups excluding carboxylic acids is 1. The predicted molar refractivity (Wildman–Crippen MR) is 94.3 cm³/mol. The Hall–Kier alpha value is -2.18. The van der Waals surface area contributed by atoms with Gasteiger partial charge in [-0.05, 0) is 39.5 Å². The molecule has 1 saturated heterocycles. The van der Waals surface area contributed by atoms with Gasteiger partial charge < -0.3 is 9.64 Å². The number of hydrogen-bond donors (Lipinski definition) is 0. The maximum absolute atomic E-state index is 12.5. The van der Waals surface area contributed by atoms with Crippen molar-refractivity contribution in [2.24, 2.45) is 11.3 Å². The lowest BCUT2D eigenvalue weighted by atomic mass is 9.81. The fourth-order valence-electron chi connectivity index (χ4n) is 4.56. The average Bonchev–Trinajstić information content (AvgIpc) is 3.24. The molecule has 2 unspecified atom stereocenters. The van der Waals surface area contributed by atoms with Crippen molar-refractivity contribution in [3.8, 4) is 0 Å². The quantitative estimate of drug-likeness (QED) is 0.780. The van der Waals surface area contributed by atoms with Gasteiger partial charge in [0.05, 0.1) is 29.6 Å². The van der Waals surface area contributed by atoms with E-state index >= 15 is 0 Å². The molecular weight excluding hydrogens is 318 g/mol. The smallest absolute Gasteiger partial charge is 0.313 e. The molecule has 2 atom stereocenters. The van der Waals surface area contributed by atoms with Gasteiger partial charge in [-0.1, -0.05) is 6.42 Å². The van der Waals surface area contributed by atoms with Crippen LogP contribution in [0.1, 0.15) is 40.0 Å². The molecule has 2 aromatic rings. The minimum absolute atomic E-state index is 0.0758. The molecule has 7 heteroatoms. The molecule has 0 bridgehead atoms. The molecule has 134 valence electrons. The molecule has 2 aliphatic rings. The number of fused-ring (bicyclic) bond motifs is 2. The number of rotatable bonds is 2. The lowest BCUT2D eigenvalue weighted by Crippen LogP contribution is -2.37. The fourth-order valence-corrected chi connectivity index (χ4v) is 4.56. The van der Waals surface area contributed by atoms with E-state index in [9.17, 15) is 4.79 Å². The van der Waals surface area contributed by atoms with Crippen LogP contribution < -0.4 is 4.90 Å². The Morgan fingerprint density at radius 1 is 1.36 bits per heavy atom. The Kier molecular flexibility index (Phi) is 3.53. The maximum atomic E-state index is 12.5. The Morgan fingerprint density at radius 2 is 2.16 bits per heavy atom. The van der Waals surface area contributed by atoms with E-state index in [1.807, 2.05) is 10.9 Å². The van der Waals surface area contributed by atoms with Crippen LogP contribution >= 0.6 is 0 Å². The van der Waals surface area contributed by atoms with Gasteiger partial charge in [-0.3, -0.25) is 4.79 Å². The van der Waals surface area contributed by atoms with Gasteiger partial charge in [0.25, 0.3) is 0 Å². The van der Waals surface area contributed by atoms with Gasteiger partial charge in [-0.2, -0.15) is 5.10 Å². The SMILES string of the molecule is COC(=O)C12CCCC1CN(c1ncnc3c1cnn3C(C)(C)C)C2. The van der Waals surface area contributed by atoms with Crippen molar-refractivity contribution >= 4 is 22.8 Å². The third-order valence-electron chi connectivity index (χ3n) is 5.74. The number of anilines is 1. The molecule has 1 aliphatic heterocycles. The van der Waals surface area contributed by atoms with E-state index in [0.717, 1.165) is 42.7 Å². The minimum atomic E-state index is -0.383. The van der Waals surface area contributed by atoms with E-state index in [1.165, 1.54) is 7.11 Å². The molecule has 3 heterocycles. The van der Waals surface area contributed by atoms with Crippen molar-refractivity contribution < 1.29 is 9.53 Å². The molecule has 2 aromatic heterocycles. The second kappa shape index (κ2) is 5.41. The van der Waals surface area contributed by atoms with Gasteiger partial charge in [-0.25, -0.2) is 14.6 Å². The summed E-state index contributed by atoms with van der Waals surface area (Å²) in [6, 6.07) is 0. The van der Waals surface area contributed by atoms with Crippen LogP contribution in [0, 0.1) is 11.3 Å². The Morgan fingerprint density at radius 3 is 2.88 bits per heavy atom. The normalized spacial score (nSPS) is 26.2. The summed E-state index contributed by atoms with van der Waals surface area (Å²) < 4.78 is 7.08. The van der Waals surface area contributed by atoms with E-state index in [1.54, 1.807) is 6.33 Å². The van der Waals surface area contributed by atoms with Crippen molar-refractivity contribution in [1.29, 1.82) is 0 Å². The van der Waals surface area contributed by atoms with E-state index in [2.05, 4.69) is 40.7 Å². The number of esters is 1. The molecule has 0 aromatic carbocycles. The molecule has 0 amide bonds. The summed E-state index contributed by atoms with van der Waals surface area (Å²) in [5.41, 5.74) is 0.301. The van der Waals surface area contributed by atoms with Gasteiger partial charge >= 0.3 is 5.97 Å². The van der Waals surface area contributed by atoms with Crippen LogP contribution in [0.5, 0.6) is 0 Å². The zero-order valence-corrected chi connectivity index (χ0v) is 15.3. The van der Waals surface area contributed by atoms with Crippen LogP contribution in [0.15, 0.2) is 12.5 Å². The molecule has 0 N–H and O–H groups in total. The molecule has 1 aliphatic carbocycles. The summed E-state index contributed by atoms with van der Waals surface area (Å²) in [5, 5.41) is 5.48. The van der Waals surface area contributed by atoms with Crippen molar-refractivity contribution in [3.63, 3.8) is 0 Å². The Labute approximate surface area is 147 Å². The highest BCUT2D eigenvalue weighted by Gasteiger charge is 2.55. The lowest BCUT2D eigenvalue weighted by molar-refractivity contribution is -0.152. The highest BCUT2D eigenvalue weighted by molar-refractivity contribution is 5.88. The van der Waals surface area contributed by atoms with Gasteiger partial charge in [0.2, 0.25) is 0 Å². The number of carbonyl (C=O) groups is 1. The van der Waals surface area contributed by atoms with Crippen molar-refractivity contribution in [2.75, 3.05) is 25.1 Å². The van der Waals surface area contributed by atoms with Crippen LogP contribution in [0.2, 0.25) is 0 Å². The van der Waals surface area contributed by atoms with Crippen LogP contribution in [-0.4, -0.2) is 45.9 Å². The number of hydrogen-bond acceptors (Lipinski definition) is 6. The molecule has 0 radical (unpaired) electrons. The second-order valence-corrected chi connectivity index (χ2v) is 8.28. The lowest BCUT2D eigenvalue weighted by Gasteiger charge is -2.25. The van der Waals surface area contributed by atoms with E-state index < -0.39 is 0 Å².